The van der Waals surface area contributed by atoms with Crippen molar-refractivity contribution in [3.63, 3.8) is 0 Å². The Hall–Kier alpha value is -1.69. The summed E-state index contributed by atoms with van der Waals surface area (Å²) in [5.74, 6) is -0.170. The number of benzene rings is 1. The number of hydrogen-bond acceptors (Lipinski definition) is 4. The summed E-state index contributed by atoms with van der Waals surface area (Å²) < 4.78 is 0. The molecule has 1 aromatic heterocycles. The predicted octanol–water partition coefficient (Wildman–Crippen LogP) is 3.12. The van der Waals surface area contributed by atoms with E-state index in [1.807, 2.05) is 18.2 Å². The number of halogens is 2. The molecule has 7 heteroatoms. The van der Waals surface area contributed by atoms with Gasteiger partial charge in [0.25, 0.3) is 5.91 Å². The van der Waals surface area contributed by atoms with E-state index < -0.39 is 0 Å². The molecular formula is C18H22Cl2N4O. The van der Waals surface area contributed by atoms with Crippen molar-refractivity contribution >= 4 is 29.9 Å². The Balaban J connectivity index is 0.00000225. The van der Waals surface area contributed by atoms with Gasteiger partial charge in [0.1, 0.15) is 0 Å². The highest BCUT2D eigenvalue weighted by molar-refractivity contribution is 6.30. The second-order valence-corrected chi connectivity index (χ2v) is 6.79. The number of nitrogens with two attached hydrogens (primary N) is 1. The van der Waals surface area contributed by atoms with Crippen LogP contribution in [0.3, 0.4) is 0 Å². The van der Waals surface area contributed by atoms with Crippen molar-refractivity contribution < 1.29 is 4.79 Å². The van der Waals surface area contributed by atoms with E-state index in [9.17, 15) is 4.79 Å². The molecule has 1 amide bonds. The molecule has 0 unspecified atom stereocenters. The van der Waals surface area contributed by atoms with Crippen LogP contribution in [0.5, 0.6) is 0 Å². The third-order valence-corrected chi connectivity index (χ3v) is 5.15. The molecule has 0 spiro atoms. The minimum absolute atomic E-state index is 0. The van der Waals surface area contributed by atoms with Crippen LogP contribution in [0.4, 0.5) is 0 Å². The summed E-state index contributed by atoms with van der Waals surface area (Å²) >= 11 is 6.14. The number of carbonyl (C=O) groups excluding carboxylic acids is 1. The molecule has 1 saturated carbocycles. The van der Waals surface area contributed by atoms with Gasteiger partial charge in [0, 0.05) is 29.2 Å². The molecule has 1 aliphatic carbocycles. The number of aromatic nitrogens is 2. The normalized spacial score (nSPS) is 22.7. The molecule has 2 aromatic rings. The van der Waals surface area contributed by atoms with Gasteiger partial charge in [0.2, 0.25) is 0 Å². The van der Waals surface area contributed by atoms with Gasteiger partial charge in [-0.15, -0.1) is 17.5 Å². The Morgan fingerprint density at radius 1 is 1.28 bits per heavy atom. The highest BCUT2D eigenvalue weighted by Gasteiger charge is 2.36. The summed E-state index contributed by atoms with van der Waals surface area (Å²) in [6.07, 6.45) is 5.17. The molecular weight excluding hydrogens is 359 g/mol. The average Bonchev–Trinajstić information content (AvgIpc) is 2.63. The zero-order valence-corrected chi connectivity index (χ0v) is 15.4. The summed E-state index contributed by atoms with van der Waals surface area (Å²) in [5.41, 5.74) is 7.59. The lowest BCUT2D eigenvalue weighted by Crippen LogP contribution is -2.45. The van der Waals surface area contributed by atoms with Gasteiger partial charge in [0.15, 0.2) is 5.69 Å². The molecule has 0 aliphatic heterocycles. The predicted molar refractivity (Wildman–Crippen MR) is 101 cm³/mol. The summed E-state index contributed by atoms with van der Waals surface area (Å²) in [6, 6.07) is 11.5. The summed E-state index contributed by atoms with van der Waals surface area (Å²) in [4.78, 5) is 12.2. The van der Waals surface area contributed by atoms with E-state index in [2.05, 4.69) is 21.6 Å². The first-order valence-corrected chi connectivity index (χ1v) is 8.55. The van der Waals surface area contributed by atoms with Gasteiger partial charge in [-0.2, -0.15) is 5.10 Å². The van der Waals surface area contributed by atoms with Gasteiger partial charge >= 0.3 is 0 Å². The lowest BCUT2D eigenvalue weighted by atomic mass is 9.68. The first-order valence-electron chi connectivity index (χ1n) is 8.18. The molecule has 3 N–H and O–H groups in total. The highest BCUT2D eigenvalue weighted by Crippen LogP contribution is 2.39. The number of hydrogen-bond donors (Lipinski definition) is 2. The SMILES string of the molecule is Cl.NC[C@]1(c2cccc(Cl)c2)CC[C@H](NC(=O)c2cccnn2)CC1. The molecule has 0 saturated heterocycles. The average molecular weight is 381 g/mol. The molecule has 0 atom stereocenters. The quantitative estimate of drug-likeness (QED) is 0.853. The van der Waals surface area contributed by atoms with E-state index in [1.54, 1.807) is 18.3 Å². The molecule has 134 valence electrons. The second kappa shape index (κ2) is 8.61. The van der Waals surface area contributed by atoms with Crippen LogP contribution in [0, 0.1) is 0 Å². The number of amides is 1. The zero-order valence-electron chi connectivity index (χ0n) is 13.8. The third-order valence-electron chi connectivity index (χ3n) is 4.91. The Morgan fingerprint density at radius 3 is 2.64 bits per heavy atom. The maximum absolute atomic E-state index is 12.2. The fourth-order valence-corrected chi connectivity index (χ4v) is 3.62. The highest BCUT2D eigenvalue weighted by atomic mass is 35.5. The van der Waals surface area contributed by atoms with Crippen LogP contribution < -0.4 is 11.1 Å². The van der Waals surface area contributed by atoms with Crippen LogP contribution in [-0.2, 0) is 5.41 Å². The topological polar surface area (TPSA) is 80.9 Å². The molecule has 25 heavy (non-hydrogen) atoms. The van der Waals surface area contributed by atoms with Gasteiger partial charge in [0.05, 0.1) is 0 Å². The van der Waals surface area contributed by atoms with Crippen molar-refractivity contribution in [3.05, 3.63) is 58.9 Å². The number of rotatable bonds is 4. The van der Waals surface area contributed by atoms with Crippen molar-refractivity contribution in [2.45, 2.75) is 37.1 Å². The molecule has 1 heterocycles. The summed E-state index contributed by atoms with van der Waals surface area (Å²) in [6.45, 7) is 0.582. The van der Waals surface area contributed by atoms with Gasteiger partial charge in [-0.25, -0.2) is 0 Å². The Morgan fingerprint density at radius 2 is 2.04 bits per heavy atom. The summed E-state index contributed by atoms with van der Waals surface area (Å²) in [5, 5.41) is 11.4. The largest absolute Gasteiger partial charge is 0.348 e. The van der Waals surface area contributed by atoms with E-state index in [0.717, 1.165) is 30.7 Å². The second-order valence-electron chi connectivity index (χ2n) is 6.35. The Kier molecular flexibility index (Phi) is 6.76. The van der Waals surface area contributed by atoms with Gasteiger partial charge in [-0.3, -0.25) is 4.79 Å². The fraction of sp³-hybridized carbons (Fsp3) is 0.389. The third kappa shape index (κ3) is 4.48. The summed E-state index contributed by atoms with van der Waals surface area (Å²) in [7, 11) is 0. The standard InChI is InChI=1S/C18H21ClN4O.ClH/c19-14-4-1-3-13(11-14)18(12-20)8-6-15(7-9-18)22-17(24)16-5-2-10-21-23-16;/h1-5,10-11,15H,6-9,12,20H2,(H,22,24);1H/t15-,18-;. The number of nitrogens with zero attached hydrogens (tertiary/aromatic N) is 2. The maximum Gasteiger partial charge on any atom is 0.272 e. The monoisotopic (exact) mass is 380 g/mol. The number of nitrogens with one attached hydrogen (secondary N) is 1. The Labute approximate surface area is 158 Å². The molecule has 1 aromatic carbocycles. The first-order chi connectivity index (χ1) is 11.6. The van der Waals surface area contributed by atoms with E-state index >= 15 is 0 Å². The van der Waals surface area contributed by atoms with Gasteiger partial charge < -0.3 is 11.1 Å². The zero-order chi connectivity index (χ0) is 17.0. The molecule has 0 radical (unpaired) electrons. The fourth-order valence-electron chi connectivity index (χ4n) is 3.43. The molecule has 1 aliphatic rings. The lowest BCUT2D eigenvalue weighted by Gasteiger charge is -2.40. The molecule has 5 nitrogen and oxygen atoms in total. The smallest absolute Gasteiger partial charge is 0.272 e. The Bertz CT molecular complexity index is 703. The van der Waals surface area contributed by atoms with Crippen molar-refractivity contribution in [2.24, 2.45) is 5.73 Å². The van der Waals surface area contributed by atoms with E-state index in [-0.39, 0.29) is 29.8 Å². The van der Waals surface area contributed by atoms with Crippen LogP contribution >= 0.6 is 24.0 Å². The van der Waals surface area contributed by atoms with E-state index in [4.69, 9.17) is 17.3 Å². The van der Waals surface area contributed by atoms with Crippen molar-refractivity contribution in [2.75, 3.05) is 6.54 Å². The maximum atomic E-state index is 12.2. The lowest BCUT2D eigenvalue weighted by molar-refractivity contribution is 0.0912. The van der Waals surface area contributed by atoms with Crippen LogP contribution in [0.15, 0.2) is 42.6 Å². The van der Waals surface area contributed by atoms with E-state index in [0.29, 0.717) is 12.2 Å². The van der Waals surface area contributed by atoms with Gasteiger partial charge in [-0.1, -0.05) is 23.7 Å². The van der Waals surface area contributed by atoms with Crippen LogP contribution in [0.2, 0.25) is 5.02 Å². The minimum Gasteiger partial charge on any atom is -0.348 e. The first kappa shape index (κ1) is 19.6. The molecule has 0 bridgehead atoms. The van der Waals surface area contributed by atoms with Crippen LogP contribution in [-0.4, -0.2) is 28.7 Å². The van der Waals surface area contributed by atoms with Gasteiger partial charge in [-0.05, 0) is 55.5 Å². The van der Waals surface area contributed by atoms with E-state index in [1.165, 1.54) is 5.56 Å². The van der Waals surface area contributed by atoms with Crippen LogP contribution in [0.25, 0.3) is 0 Å². The van der Waals surface area contributed by atoms with Crippen molar-refractivity contribution in [1.82, 2.24) is 15.5 Å². The number of carbonyl (C=O) groups is 1. The van der Waals surface area contributed by atoms with Crippen molar-refractivity contribution in [1.29, 1.82) is 0 Å². The van der Waals surface area contributed by atoms with Crippen molar-refractivity contribution in [3.8, 4) is 0 Å². The minimum atomic E-state index is -0.170. The molecule has 3 rings (SSSR count). The van der Waals surface area contributed by atoms with Crippen LogP contribution in [0.1, 0.15) is 41.7 Å². The molecule has 1 fully saturated rings.